The predicted molar refractivity (Wildman–Crippen MR) is 66.9 cm³/mol. The number of carbonyl (C=O) groups excluding carboxylic acids is 1. The van der Waals surface area contributed by atoms with Crippen molar-refractivity contribution in [1.29, 1.82) is 0 Å². The molecule has 1 aliphatic rings. The molecule has 0 radical (unpaired) electrons. The van der Waals surface area contributed by atoms with Crippen LogP contribution in [0.1, 0.15) is 16.8 Å². The second-order valence-electron chi connectivity index (χ2n) is 4.38. The Labute approximate surface area is 108 Å². The molecule has 1 aromatic carbocycles. The molecule has 4 N–H and O–H groups in total. The van der Waals surface area contributed by atoms with Gasteiger partial charge in [0.2, 0.25) is 0 Å². The normalized spacial score (nSPS) is 21.3. The average Bonchev–Trinajstić information content (AvgIpc) is 2.80. The van der Waals surface area contributed by atoms with Gasteiger partial charge < -0.3 is 16.2 Å². The van der Waals surface area contributed by atoms with Crippen LogP contribution in [0.2, 0.25) is 0 Å². The maximum absolute atomic E-state index is 13.1. The van der Waals surface area contributed by atoms with E-state index in [0.717, 1.165) is 6.07 Å². The summed E-state index contributed by atoms with van der Waals surface area (Å²) in [6.45, 7) is 0. The SMILES string of the molecule is Nc1ccc(F)cc1C(=O)NC1C=CC(C(=O)O)C1. The van der Waals surface area contributed by atoms with Crippen LogP contribution in [-0.2, 0) is 4.79 Å². The summed E-state index contributed by atoms with van der Waals surface area (Å²) in [5.41, 5.74) is 5.83. The van der Waals surface area contributed by atoms with E-state index in [1.807, 2.05) is 0 Å². The van der Waals surface area contributed by atoms with E-state index in [9.17, 15) is 14.0 Å². The Bertz CT molecular complexity index is 557. The van der Waals surface area contributed by atoms with E-state index in [1.54, 1.807) is 6.08 Å². The molecule has 5 nitrogen and oxygen atoms in total. The molecule has 1 aliphatic carbocycles. The van der Waals surface area contributed by atoms with Crippen LogP contribution in [0.15, 0.2) is 30.4 Å². The van der Waals surface area contributed by atoms with Crippen LogP contribution in [0.4, 0.5) is 10.1 Å². The number of benzene rings is 1. The molecule has 6 heteroatoms. The second kappa shape index (κ2) is 5.09. The number of carboxylic acid groups (broad SMARTS) is 1. The van der Waals surface area contributed by atoms with Gasteiger partial charge in [0.15, 0.2) is 0 Å². The van der Waals surface area contributed by atoms with Crippen LogP contribution in [0.25, 0.3) is 0 Å². The minimum absolute atomic E-state index is 0.0483. The lowest BCUT2D eigenvalue weighted by Gasteiger charge is -2.13. The summed E-state index contributed by atoms with van der Waals surface area (Å²) < 4.78 is 13.1. The number of hydrogen-bond donors (Lipinski definition) is 3. The predicted octanol–water partition coefficient (Wildman–Crippen LogP) is 1.17. The zero-order valence-corrected chi connectivity index (χ0v) is 9.97. The van der Waals surface area contributed by atoms with Crippen LogP contribution in [0, 0.1) is 11.7 Å². The number of halogens is 1. The summed E-state index contributed by atoms with van der Waals surface area (Å²) in [6.07, 6.45) is 3.44. The summed E-state index contributed by atoms with van der Waals surface area (Å²) in [4.78, 5) is 22.7. The van der Waals surface area contributed by atoms with Gasteiger partial charge in [-0.15, -0.1) is 0 Å². The van der Waals surface area contributed by atoms with Gasteiger partial charge in [-0.3, -0.25) is 9.59 Å². The lowest BCUT2D eigenvalue weighted by molar-refractivity contribution is -0.140. The van der Waals surface area contributed by atoms with Gasteiger partial charge in [-0.25, -0.2) is 4.39 Å². The Balaban J connectivity index is 2.05. The summed E-state index contributed by atoms with van der Waals surface area (Å²) in [6, 6.07) is 3.16. The zero-order valence-electron chi connectivity index (χ0n) is 9.97. The number of rotatable bonds is 3. The summed E-state index contributed by atoms with van der Waals surface area (Å²) >= 11 is 0. The van der Waals surface area contributed by atoms with Crippen LogP contribution in [0.5, 0.6) is 0 Å². The Morgan fingerprint density at radius 1 is 1.37 bits per heavy atom. The van der Waals surface area contributed by atoms with Crippen LogP contribution in [0.3, 0.4) is 0 Å². The first-order valence-corrected chi connectivity index (χ1v) is 5.74. The van der Waals surface area contributed by atoms with E-state index < -0.39 is 23.6 Å². The van der Waals surface area contributed by atoms with Gasteiger partial charge in [0.05, 0.1) is 11.5 Å². The molecule has 0 spiro atoms. The van der Waals surface area contributed by atoms with Gasteiger partial charge in [-0.05, 0) is 24.6 Å². The molecule has 19 heavy (non-hydrogen) atoms. The van der Waals surface area contributed by atoms with Gasteiger partial charge in [-0.1, -0.05) is 12.2 Å². The Morgan fingerprint density at radius 2 is 2.11 bits per heavy atom. The van der Waals surface area contributed by atoms with E-state index in [1.165, 1.54) is 18.2 Å². The number of nitrogen functional groups attached to an aromatic ring is 1. The maximum atomic E-state index is 13.1. The van der Waals surface area contributed by atoms with Gasteiger partial charge in [0, 0.05) is 11.7 Å². The quantitative estimate of drug-likeness (QED) is 0.564. The number of carboxylic acids is 1. The maximum Gasteiger partial charge on any atom is 0.310 e. The molecular formula is C13H13FN2O3. The summed E-state index contributed by atoms with van der Waals surface area (Å²) in [7, 11) is 0. The largest absolute Gasteiger partial charge is 0.481 e. The van der Waals surface area contributed by atoms with Crippen molar-refractivity contribution in [1.82, 2.24) is 5.32 Å². The van der Waals surface area contributed by atoms with Gasteiger partial charge in [-0.2, -0.15) is 0 Å². The Kier molecular flexibility index (Phi) is 3.50. The molecule has 0 aromatic heterocycles. The van der Waals surface area contributed by atoms with E-state index in [-0.39, 0.29) is 23.7 Å². The van der Waals surface area contributed by atoms with Crippen LogP contribution in [-0.4, -0.2) is 23.0 Å². The highest BCUT2D eigenvalue weighted by molar-refractivity contribution is 5.99. The first-order chi connectivity index (χ1) is 8.97. The van der Waals surface area contributed by atoms with Crippen molar-refractivity contribution in [3.63, 3.8) is 0 Å². The Morgan fingerprint density at radius 3 is 2.74 bits per heavy atom. The first kappa shape index (κ1) is 13.1. The van der Waals surface area contributed by atoms with Crippen LogP contribution >= 0.6 is 0 Å². The number of hydrogen-bond acceptors (Lipinski definition) is 3. The monoisotopic (exact) mass is 264 g/mol. The number of amides is 1. The van der Waals surface area contributed by atoms with Crippen molar-refractivity contribution in [3.05, 3.63) is 41.7 Å². The molecular weight excluding hydrogens is 251 g/mol. The minimum atomic E-state index is -0.932. The molecule has 0 heterocycles. The fourth-order valence-corrected chi connectivity index (χ4v) is 1.96. The molecule has 0 aliphatic heterocycles. The van der Waals surface area contributed by atoms with Crippen molar-refractivity contribution < 1.29 is 19.1 Å². The van der Waals surface area contributed by atoms with Crippen molar-refractivity contribution >= 4 is 17.6 Å². The summed E-state index contributed by atoms with van der Waals surface area (Å²) in [5, 5.41) is 11.4. The highest BCUT2D eigenvalue weighted by Gasteiger charge is 2.26. The highest BCUT2D eigenvalue weighted by atomic mass is 19.1. The Hall–Kier alpha value is -2.37. The molecule has 100 valence electrons. The van der Waals surface area contributed by atoms with Gasteiger partial charge in [0.1, 0.15) is 5.82 Å². The second-order valence-corrected chi connectivity index (χ2v) is 4.38. The molecule has 0 saturated heterocycles. The van der Waals surface area contributed by atoms with Crippen LogP contribution < -0.4 is 11.1 Å². The van der Waals surface area contributed by atoms with Gasteiger partial charge >= 0.3 is 5.97 Å². The van der Waals surface area contributed by atoms with E-state index in [2.05, 4.69) is 5.32 Å². The van der Waals surface area contributed by atoms with E-state index in [0.29, 0.717) is 0 Å². The lowest BCUT2D eigenvalue weighted by Crippen LogP contribution is -2.33. The molecule has 2 atom stereocenters. The van der Waals surface area contributed by atoms with Crippen molar-refractivity contribution in [3.8, 4) is 0 Å². The van der Waals surface area contributed by atoms with Crippen molar-refractivity contribution in [2.75, 3.05) is 5.73 Å². The molecule has 2 unspecified atom stereocenters. The molecule has 1 aromatic rings. The molecule has 0 fully saturated rings. The highest BCUT2D eigenvalue weighted by Crippen LogP contribution is 2.19. The molecule has 2 rings (SSSR count). The van der Waals surface area contributed by atoms with E-state index in [4.69, 9.17) is 10.8 Å². The zero-order chi connectivity index (χ0) is 14.0. The number of anilines is 1. The number of carbonyl (C=O) groups is 2. The van der Waals surface area contributed by atoms with E-state index >= 15 is 0 Å². The minimum Gasteiger partial charge on any atom is -0.481 e. The third-order valence-electron chi connectivity index (χ3n) is 2.98. The summed E-state index contributed by atoms with van der Waals surface area (Å²) in [5.74, 6) is -2.60. The average molecular weight is 264 g/mol. The smallest absolute Gasteiger partial charge is 0.310 e. The fourth-order valence-electron chi connectivity index (χ4n) is 1.96. The molecule has 0 bridgehead atoms. The standard InChI is InChI=1S/C13H13FN2O3/c14-8-2-4-11(15)10(6-8)12(17)16-9-3-1-7(5-9)13(18)19/h1-4,6-7,9H,5,15H2,(H,16,17)(H,18,19). The third kappa shape index (κ3) is 2.90. The van der Waals surface area contributed by atoms with Gasteiger partial charge in [0.25, 0.3) is 5.91 Å². The van der Waals surface area contributed by atoms with Crippen molar-refractivity contribution in [2.24, 2.45) is 5.92 Å². The number of nitrogens with one attached hydrogen (secondary N) is 1. The third-order valence-corrected chi connectivity index (χ3v) is 2.98. The lowest BCUT2D eigenvalue weighted by atomic mass is 10.1. The fraction of sp³-hybridized carbons (Fsp3) is 0.231. The first-order valence-electron chi connectivity index (χ1n) is 5.74. The molecule has 0 saturated carbocycles. The topological polar surface area (TPSA) is 92.4 Å². The molecule has 1 amide bonds. The van der Waals surface area contributed by atoms with Crippen molar-refractivity contribution in [2.45, 2.75) is 12.5 Å². The number of nitrogens with two attached hydrogens (primary N) is 1. The number of aliphatic carboxylic acids is 1.